The molecule has 0 aliphatic heterocycles. The normalized spacial score (nSPS) is 22.2. The van der Waals surface area contributed by atoms with E-state index in [1.165, 1.54) is 74.1 Å². The second-order valence-corrected chi connectivity index (χ2v) is 8.51. The molecule has 0 nitrogen and oxygen atoms in total. The van der Waals surface area contributed by atoms with E-state index in [2.05, 4.69) is 57.2 Å². The minimum Gasteiger partial charge on any atom is -0.0654 e. The molecule has 0 saturated heterocycles. The molecule has 2 aromatic rings. The molecule has 2 aromatic carbocycles. The number of unbranched alkanes of at least 4 members (excludes halogenated alkanes) is 1. The summed E-state index contributed by atoms with van der Waals surface area (Å²) in [5.74, 6) is 2.68. The first kappa shape index (κ1) is 18.5. The standard InChI is InChI=1S/C25H36/c1-4-6-7-20-10-13-25-18-24(15-14-23(25)17-20)22-11-8-21(9-12-22)16-19(3)5-2/h10,13-15,17-19,21-22H,4-9,11-12,16H2,1-3H3/t19?,21-,22-. The lowest BCUT2D eigenvalue weighted by molar-refractivity contribution is 0.273. The summed E-state index contributed by atoms with van der Waals surface area (Å²) in [5.41, 5.74) is 3.07. The first-order valence-electron chi connectivity index (χ1n) is 10.7. The van der Waals surface area contributed by atoms with Crippen LogP contribution in [0.4, 0.5) is 0 Å². The molecule has 0 amide bonds. The van der Waals surface area contributed by atoms with Crippen LogP contribution in [0.25, 0.3) is 10.8 Å². The van der Waals surface area contributed by atoms with E-state index >= 15 is 0 Å². The molecule has 1 saturated carbocycles. The maximum atomic E-state index is 2.47. The smallest absolute Gasteiger partial charge is 0.0162 e. The van der Waals surface area contributed by atoms with E-state index in [4.69, 9.17) is 0 Å². The van der Waals surface area contributed by atoms with E-state index in [1.54, 1.807) is 5.56 Å². The molecule has 1 atom stereocenters. The molecule has 1 fully saturated rings. The van der Waals surface area contributed by atoms with Crippen LogP contribution in [0.2, 0.25) is 0 Å². The molecule has 0 heterocycles. The summed E-state index contributed by atoms with van der Waals surface area (Å²) in [6, 6.07) is 14.3. The van der Waals surface area contributed by atoms with Crippen LogP contribution in [0.3, 0.4) is 0 Å². The largest absolute Gasteiger partial charge is 0.0654 e. The van der Waals surface area contributed by atoms with Crippen molar-refractivity contribution in [2.45, 2.75) is 84.5 Å². The van der Waals surface area contributed by atoms with Gasteiger partial charge < -0.3 is 0 Å². The van der Waals surface area contributed by atoms with E-state index in [0.29, 0.717) is 0 Å². The highest BCUT2D eigenvalue weighted by molar-refractivity contribution is 5.84. The molecular formula is C25H36. The summed E-state index contributed by atoms with van der Waals surface area (Å²) in [6.45, 7) is 7.02. The predicted molar refractivity (Wildman–Crippen MR) is 111 cm³/mol. The summed E-state index contributed by atoms with van der Waals surface area (Å²) < 4.78 is 0. The number of hydrogen-bond acceptors (Lipinski definition) is 0. The predicted octanol–water partition coefficient (Wildman–Crippen LogP) is 7.89. The van der Waals surface area contributed by atoms with E-state index in [1.807, 2.05) is 0 Å². The highest BCUT2D eigenvalue weighted by atomic mass is 14.3. The highest BCUT2D eigenvalue weighted by Crippen LogP contribution is 2.39. The van der Waals surface area contributed by atoms with Crippen LogP contribution in [-0.4, -0.2) is 0 Å². The summed E-state index contributed by atoms with van der Waals surface area (Å²) in [7, 11) is 0. The zero-order chi connectivity index (χ0) is 17.6. The minimum absolute atomic E-state index is 0.789. The maximum Gasteiger partial charge on any atom is -0.0162 e. The second-order valence-electron chi connectivity index (χ2n) is 8.51. The molecule has 136 valence electrons. The second kappa shape index (κ2) is 8.88. The summed E-state index contributed by atoms with van der Waals surface area (Å²) in [6.07, 6.45) is 12.2. The van der Waals surface area contributed by atoms with Crippen LogP contribution in [0.1, 0.15) is 89.2 Å². The molecule has 1 aliphatic carbocycles. The van der Waals surface area contributed by atoms with Crippen LogP contribution in [0.5, 0.6) is 0 Å². The topological polar surface area (TPSA) is 0 Å². The summed E-state index contributed by atoms with van der Waals surface area (Å²) in [4.78, 5) is 0. The van der Waals surface area contributed by atoms with Gasteiger partial charge in [0, 0.05) is 0 Å². The van der Waals surface area contributed by atoms with Crippen molar-refractivity contribution in [3.63, 3.8) is 0 Å². The molecule has 0 heteroatoms. The van der Waals surface area contributed by atoms with E-state index in [9.17, 15) is 0 Å². The van der Waals surface area contributed by atoms with E-state index in [0.717, 1.165) is 17.8 Å². The Kier molecular flexibility index (Phi) is 6.57. The highest BCUT2D eigenvalue weighted by Gasteiger charge is 2.23. The average Bonchev–Trinajstić information content (AvgIpc) is 2.66. The minimum atomic E-state index is 0.789. The third-order valence-electron chi connectivity index (χ3n) is 6.50. The van der Waals surface area contributed by atoms with Gasteiger partial charge in [-0.15, -0.1) is 0 Å². The van der Waals surface area contributed by atoms with Gasteiger partial charge in [-0.05, 0) is 84.6 Å². The van der Waals surface area contributed by atoms with Gasteiger partial charge in [-0.2, -0.15) is 0 Å². The SMILES string of the molecule is CCCCc1ccc2cc([C@H]3CC[C@H](CC(C)CC)CC3)ccc2c1. The molecule has 0 aromatic heterocycles. The van der Waals surface area contributed by atoms with Gasteiger partial charge in [0.05, 0.1) is 0 Å². The fourth-order valence-electron chi connectivity index (χ4n) is 4.57. The fraction of sp³-hybridized carbons (Fsp3) is 0.600. The van der Waals surface area contributed by atoms with Crippen molar-refractivity contribution in [2.75, 3.05) is 0 Å². The number of benzene rings is 2. The lowest BCUT2D eigenvalue weighted by Gasteiger charge is -2.30. The van der Waals surface area contributed by atoms with Crippen LogP contribution in [0, 0.1) is 11.8 Å². The zero-order valence-electron chi connectivity index (χ0n) is 16.6. The van der Waals surface area contributed by atoms with Gasteiger partial charge in [-0.3, -0.25) is 0 Å². The number of hydrogen-bond donors (Lipinski definition) is 0. The molecule has 0 bridgehead atoms. The molecule has 3 rings (SSSR count). The Morgan fingerprint density at radius 1 is 0.920 bits per heavy atom. The third-order valence-corrected chi connectivity index (χ3v) is 6.50. The van der Waals surface area contributed by atoms with Crippen molar-refractivity contribution in [1.29, 1.82) is 0 Å². The molecule has 1 unspecified atom stereocenters. The van der Waals surface area contributed by atoms with Gasteiger partial charge in [0.1, 0.15) is 0 Å². The zero-order valence-corrected chi connectivity index (χ0v) is 16.6. The van der Waals surface area contributed by atoms with Crippen molar-refractivity contribution in [3.8, 4) is 0 Å². The first-order valence-corrected chi connectivity index (χ1v) is 10.7. The monoisotopic (exact) mass is 336 g/mol. The van der Waals surface area contributed by atoms with E-state index < -0.39 is 0 Å². The number of aryl methyl sites for hydroxylation is 1. The van der Waals surface area contributed by atoms with Gasteiger partial charge in [0.15, 0.2) is 0 Å². The van der Waals surface area contributed by atoms with Crippen molar-refractivity contribution in [1.82, 2.24) is 0 Å². The van der Waals surface area contributed by atoms with E-state index in [-0.39, 0.29) is 0 Å². The first-order chi connectivity index (χ1) is 12.2. The van der Waals surface area contributed by atoms with Gasteiger partial charge in [0.25, 0.3) is 0 Å². The Morgan fingerprint density at radius 3 is 2.36 bits per heavy atom. The Balaban J connectivity index is 1.64. The average molecular weight is 337 g/mol. The van der Waals surface area contributed by atoms with Crippen LogP contribution < -0.4 is 0 Å². The molecule has 1 aliphatic rings. The van der Waals surface area contributed by atoms with Crippen molar-refractivity contribution < 1.29 is 0 Å². The molecule has 25 heavy (non-hydrogen) atoms. The Bertz CT molecular complexity index is 661. The van der Waals surface area contributed by atoms with Crippen LogP contribution in [-0.2, 0) is 6.42 Å². The van der Waals surface area contributed by atoms with Gasteiger partial charge in [-0.1, -0.05) is 70.0 Å². The number of rotatable bonds is 7. The Hall–Kier alpha value is -1.30. The van der Waals surface area contributed by atoms with Crippen molar-refractivity contribution in [3.05, 3.63) is 47.5 Å². The van der Waals surface area contributed by atoms with Crippen LogP contribution in [0.15, 0.2) is 36.4 Å². The van der Waals surface area contributed by atoms with Crippen molar-refractivity contribution in [2.24, 2.45) is 11.8 Å². The fourth-order valence-corrected chi connectivity index (χ4v) is 4.57. The van der Waals surface area contributed by atoms with Gasteiger partial charge in [-0.25, -0.2) is 0 Å². The molecular weight excluding hydrogens is 300 g/mol. The Morgan fingerprint density at radius 2 is 1.64 bits per heavy atom. The molecule has 0 spiro atoms. The molecule has 0 N–H and O–H groups in total. The van der Waals surface area contributed by atoms with Gasteiger partial charge >= 0.3 is 0 Å². The van der Waals surface area contributed by atoms with Crippen LogP contribution >= 0.6 is 0 Å². The maximum absolute atomic E-state index is 2.47. The number of fused-ring (bicyclic) bond motifs is 1. The summed E-state index contributed by atoms with van der Waals surface area (Å²) >= 11 is 0. The third kappa shape index (κ3) is 4.87. The lowest BCUT2D eigenvalue weighted by atomic mass is 9.75. The van der Waals surface area contributed by atoms with Crippen molar-refractivity contribution >= 4 is 10.8 Å². The Labute approximate surface area is 155 Å². The quantitative estimate of drug-likeness (QED) is 0.482. The van der Waals surface area contributed by atoms with Gasteiger partial charge in [0.2, 0.25) is 0 Å². The summed E-state index contributed by atoms with van der Waals surface area (Å²) in [5, 5.41) is 2.85. The lowest BCUT2D eigenvalue weighted by Crippen LogP contribution is -2.15. The molecule has 0 radical (unpaired) electrons.